The maximum absolute atomic E-state index is 13.1. The molecule has 1 N–H and O–H groups in total. The molecule has 0 saturated heterocycles. The molecule has 1 aliphatic rings. The first-order valence-electron chi connectivity index (χ1n) is 9.82. The van der Waals surface area contributed by atoms with Gasteiger partial charge in [0.05, 0.1) is 11.6 Å². The molecule has 0 saturated carbocycles. The van der Waals surface area contributed by atoms with E-state index in [2.05, 4.69) is 0 Å². The molecular weight excluding hydrogens is 410 g/mol. The van der Waals surface area contributed by atoms with Crippen molar-refractivity contribution in [3.63, 3.8) is 0 Å². The van der Waals surface area contributed by atoms with Crippen molar-refractivity contribution in [1.82, 2.24) is 0 Å². The molecule has 1 atom stereocenters. The van der Waals surface area contributed by atoms with E-state index < -0.39 is 23.5 Å². The SMILES string of the molecule is Cc1ccc(N2C(=O)C(O)=C(C(=O)/C=C/c3ccccc3)C2c2ccc(Cl)cc2)cc1. The fraction of sp³-hybridized carbons (Fsp3) is 0.0769. The molecule has 154 valence electrons. The van der Waals surface area contributed by atoms with E-state index in [4.69, 9.17) is 11.6 Å². The third kappa shape index (κ3) is 4.16. The Labute approximate surface area is 185 Å². The molecule has 0 radical (unpaired) electrons. The number of carbonyl (C=O) groups excluding carboxylic acids is 2. The van der Waals surface area contributed by atoms with Crippen LogP contribution in [0.4, 0.5) is 5.69 Å². The molecule has 0 fully saturated rings. The van der Waals surface area contributed by atoms with Crippen molar-refractivity contribution < 1.29 is 14.7 Å². The summed E-state index contributed by atoms with van der Waals surface area (Å²) < 4.78 is 0. The third-order valence-corrected chi connectivity index (χ3v) is 5.45. The van der Waals surface area contributed by atoms with Crippen LogP contribution in [0.15, 0.2) is 96.3 Å². The Kier molecular flexibility index (Phi) is 5.74. The summed E-state index contributed by atoms with van der Waals surface area (Å²) in [5.41, 5.74) is 3.20. The van der Waals surface area contributed by atoms with Gasteiger partial charge in [0.1, 0.15) is 0 Å². The van der Waals surface area contributed by atoms with Crippen LogP contribution in [0.25, 0.3) is 6.08 Å². The number of anilines is 1. The molecule has 0 aliphatic carbocycles. The van der Waals surface area contributed by atoms with Crippen LogP contribution in [0.3, 0.4) is 0 Å². The summed E-state index contributed by atoms with van der Waals surface area (Å²) in [6.45, 7) is 1.95. The summed E-state index contributed by atoms with van der Waals surface area (Å²) >= 11 is 6.04. The standard InChI is InChI=1S/C26H20ClNO3/c1-17-7-14-21(15-8-17)28-24(19-10-12-20(27)13-11-19)23(25(30)26(28)31)22(29)16-9-18-5-3-2-4-6-18/h2-16,24,30H,1H3/b16-9+. The molecule has 31 heavy (non-hydrogen) atoms. The third-order valence-electron chi connectivity index (χ3n) is 5.20. The summed E-state index contributed by atoms with van der Waals surface area (Å²) in [7, 11) is 0. The first-order chi connectivity index (χ1) is 15.0. The fourth-order valence-corrected chi connectivity index (χ4v) is 3.74. The number of rotatable bonds is 5. The van der Waals surface area contributed by atoms with Gasteiger partial charge in [-0.25, -0.2) is 0 Å². The second-order valence-corrected chi connectivity index (χ2v) is 7.77. The summed E-state index contributed by atoms with van der Waals surface area (Å²) in [5.74, 6) is -1.58. The Morgan fingerprint density at radius 2 is 1.61 bits per heavy atom. The Morgan fingerprint density at radius 1 is 0.968 bits per heavy atom. The number of ketones is 1. The van der Waals surface area contributed by atoms with E-state index in [-0.39, 0.29) is 5.57 Å². The van der Waals surface area contributed by atoms with Gasteiger partial charge < -0.3 is 5.11 Å². The number of allylic oxidation sites excluding steroid dienone is 1. The minimum atomic E-state index is -0.764. The highest BCUT2D eigenvalue weighted by Crippen LogP contribution is 2.41. The van der Waals surface area contributed by atoms with Crippen LogP contribution in [-0.4, -0.2) is 16.8 Å². The van der Waals surface area contributed by atoms with Crippen molar-refractivity contribution in [3.8, 4) is 0 Å². The van der Waals surface area contributed by atoms with Crippen molar-refractivity contribution in [2.45, 2.75) is 13.0 Å². The van der Waals surface area contributed by atoms with Gasteiger partial charge in [0.25, 0.3) is 5.91 Å². The van der Waals surface area contributed by atoms with E-state index in [9.17, 15) is 14.7 Å². The van der Waals surface area contributed by atoms with Crippen LogP contribution in [0, 0.1) is 6.92 Å². The highest BCUT2D eigenvalue weighted by atomic mass is 35.5. The quantitative estimate of drug-likeness (QED) is 0.519. The van der Waals surface area contributed by atoms with Crippen molar-refractivity contribution in [2.75, 3.05) is 4.90 Å². The number of hydrogen-bond acceptors (Lipinski definition) is 3. The van der Waals surface area contributed by atoms with Gasteiger partial charge in [0.15, 0.2) is 11.5 Å². The van der Waals surface area contributed by atoms with E-state index in [0.717, 1.165) is 11.1 Å². The molecular formula is C26H20ClNO3. The first kappa shape index (κ1) is 20.6. The number of hydrogen-bond donors (Lipinski definition) is 1. The van der Waals surface area contributed by atoms with Crippen LogP contribution in [0.5, 0.6) is 0 Å². The topological polar surface area (TPSA) is 57.6 Å². The van der Waals surface area contributed by atoms with E-state index >= 15 is 0 Å². The zero-order valence-electron chi connectivity index (χ0n) is 16.8. The largest absolute Gasteiger partial charge is 0.503 e. The molecule has 0 bridgehead atoms. The highest BCUT2D eigenvalue weighted by molar-refractivity contribution is 6.30. The monoisotopic (exact) mass is 429 g/mol. The Morgan fingerprint density at radius 3 is 2.26 bits per heavy atom. The second-order valence-electron chi connectivity index (χ2n) is 7.34. The van der Waals surface area contributed by atoms with Crippen LogP contribution in [-0.2, 0) is 9.59 Å². The number of amides is 1. The summed E-state index contributed by atoms with van der Waals surface area (Å²) in [6, 6.07) is 22.9. The minimum Gasteiger partial charge on any atom is -0.503 e. The molecule has 4 rings (SSSR count). The molecule has 5 heteroatoms. The van der Waals surface area contributed by atoms with Crippen LogP contribution >= 0.6 is 11.6 Å². The van der Waals surface area contributed by atoms with Gasteiger partial charge >= 0.3 is 0 Å². The average molecular weight is 430 g/mol. The smallest absolute Gasteiger partial charge is 0.294 e. The lowest BCUT2D eigenvalue weighted by Gasteiger charge is -2.27. The number of benzene rings is 3. The van der Waals surface area contributed by atoms with Gasteiger partial charge in [0.2, 0.25) is 0 Å². The number of halogens is 1. The van der Waals surface area contributed by atoms with E-state index in [1.165, 1.54) is 11.0 Å². The van der Waals surface area contributed by atoms with E-state index in [1.807, 2.05) is 49.4 Å². The second kappa shape index (κ2) is 8.62. The number of carbonyl (C=O) groups is 2. The maximum atomic E-state index is 13.1. The fourth-order valence-electron chi connectivity index (χ4n) is 3.61. The molecule has 1 aliphatic heterocycles. The lowest BCUT2D eigenvalue weighted by molar-refractivity contribution is -0.117. The molecule has 3 aromatic carbocycles. The normalized spacial score (nSPS) is 16.4. The van der Waals surface area contributed by atoms with Crippen molar-refractivity contribution in [3.05, 3.63) is 118 Å². The first-order valence-corrected chi connectivity index (χ1v) is 10.2. The average Bonchev–Trinajstić information content (AvgIpc) is 3.05. The summed E-state index contributed by atoms with van der Waals surface area (Å²) in [4.78, 5) is 27.6. The Bertz CT molecular complexity index is 1180. The molecule has 0 aromatic heterocycles. The van der Waals surface area contributed by atoms with Gasteiger partial charge in [-0.15, -0.1) is 0 Å². The highest BCUT2D eigenvalue weighted by Gasteiger charge is 2.43. The molecule has 3 aromatic rings. The van der Waals surface area contributed by atoms with Gasteiger partial charge in [-0.3, -0.25) is 14.5 Å². The van der Waals surface area contributed by atoms with Crippen molar-refractivity contribution >= 4 is 35.1 Å². The zero-order chi connectivity index (χ0) is 22.0. The number of nitrogens with zero attached hydrogens (tertiary/aromatic N) is 1. The Hall–Kier alpha value is -3.63. The van der Waals surface area contributed by atoms with Crippen LogP contribution in [0.2, 0.25) is 5.02 Å². The van der Waals surface area contributed by atoms with Gasteiger partial charge in [-0.2, -0.15) is 0 Å². The lowest BCUT2D eigenvalue weighted by atomic mass is 9.95. The molecule has 1 amide bonds. The number of aliphatic hydroxyl groups excluding tert-OH is 1. The van der Waals surface area contributed by atoms with Gasteiger partial charge in [-0.05, 0) is 48.4 Å². The molecule has 1 unspecified atom stereocenters. The van der Waals surface area contributed by atoms with E-state index in [1.54, 1.807) is 42.5 Å². The lowest BCUT2D eigenvalue weighted by Crippen LogP contribution is -2.30. The van der Waals surface area contributed by atoms with Crippen LogP contribution < -0.4 is 4.90 Å². The summed E-state index contributed by atoms with van der Waals surface area (Å²) in [5, 5.41) is 11.2. The zero-order valence-corrected chi connectivity index (χ0v) is 17.6. The predicted octanol–water partition coefficient (Wildman–Crippen LogP) is 5.83. The van der Waals surface area contributed by atoms with Gasteiger partial charge in [-0.1, -0.05) is 77.8 Å². The number of aryl methyl sites for hydroxylation is 1. The van der Waals surface area contributed by atoms with Crippen molar-refractivity contribution in [2.24, 2.45) is 0 Å². The Balaban J connectivity index is 1.78. The molecule has 0 spiro atoms. The molecule has 4 nitrogen and oxygen atoms in total. The molecule has 1 heterocycles. The van der Waals surface area contributed by atoms with Crippen LogP contribution in [0.1, 0.15) is 22.7 Å². The van der Waals surface area contributed by atoms with Crippen molar-refractivity contribution in [1.29, 1.82) is 0 Å². The maximum Gasteiger partial charge on any atom is 0.294 e. The van der Waals surface area contributed by atoms with E-state index in [0.29, 0.717) is 16.3 Å². The minimum absolute atomic E-state index is 0.0417. The van der Waals surface area contributed by atoms with Gasteiger partial charge in [0, 0.05) is 10.7 Å². The predicted molar refractivity (Wildman–Crippen MR) is 123 cm³/mol. The summed E-state index contributed by atoms with van der Waals surface area (Å²) in [6.07, 6.45) is 3.05. The number of aliphatic hydroxyl groups is 1.